The number of methoxy groups -OCH3 is 2. The number of rotatable bonds is 6. The van der Waals surface area contributed by atoms with Crippen molar-refractivity contribution < 1.29 is 23.9 Å². The Morgan fingerprint density at radius 2 is 1.33 bits per heavy atom. The zero-order chi connectivity index (χ0) is 19.7. The highest BCUT2D eigenvalue weighted by molar-refractivity contribution is 6.18. The van der Waals surface area contributed by atoms with E-state index in [9.17, 15) is 14.4 Å². The van der Waals surface area contributed by atoms with Crippen molar-refractivity contribution in [3.8, 4) is 0 Å². The molecule has 2 unspecified atom stereocenters. The number of ketones is 1. The fraction of sp³-hybridized carbons (Fsp3) is 0.318. The summed E-state index contributed by atoms with van der Waals surface area (Å²) >= 11 is 0. The van der Waals surface area contributed by atoms with Crippen molar-refractivity contribution in [3.05, 3.63) is 71.8 Å². The number of Topliss-reactive ketones (excluding diaryl/α,β-unsaturated/α-hetero) is 1. The topological polar surface area (TPSA) is 69.7 Å². The Bertz CT molecular complexity index is 843. The standard InChI is InChI=1S/C22H22O5/c1-4-21(18(23)16-13-9-6-10-14-16)17(15-11-7-5-8-12-15)22(21,19(24)26-2)20(25)27-3/h5-14,17H,4H2,1-3H3. The largest absolute Gasteiger partial charge is 0.468 e. The van der Waals surface area contributed by atoms with E-state index in [0.717, 1.165) is 5.56 Å². The molecule has 0 aliphatic heterocycles. The summed E-state index contributed by atoms with van der Waals surface area (Å²) in [7, 11) is 2.45. The number of carbonyl (C=O) groups excluding carboxylic acids is 3. The van der Waals surface area contributed by atoms with Crippen LogP contribution < -0.4 is 0 Å². The van der Waals surface area contributed by atoms with Gasteiger partial charge in [-0.25, -0.2) is 0 Å². The summed E-state index contributed by atoms with van der Waals surface area (Å²) in [6.07, 6.45) is 0.296. The van der Waals surface area contributed by atoms with Gasteiger partial charge in [-0.3, -0.25) is 14.4 Å². The normalized spacial score (nSPS) is 22.6. The van der Waals surface area contributed by atoms with Crippen LogP contribution in [0.25, 0.3) is 0 Å². The van der Waals surface area contributed by atoms with Gasteiger partial charge < -0.3 is 9.47 Å². The smallest absolute Gasteiger partial charge is 0.324 e. The molecule has 0 saturated heterocycles. The van der Waals surface area contributed by atoms with E-state index in [2.05, 4.69) is 0 Å². The molecule has 0 radical (unpaired) electrons. The van der Waals surface area contributed by atoms with E-state index >= 15 is 0 Å². The molecule has 1 aliphatic rings. The minimum Gasteiger partial charge on any atom is -0.468 e. The van der Waals surface area contributed by atoms with Gasteiger partial charge in [-0.05, 0) is 12.0 Å². The summed E-state index contributed by atoms with van der Waals surface area (Å²) < 4.78 is 10.0. The molecule has 27 heavy (non-hydrogen) atoms. The Hall–Kier alpha value is -2.95. The van der Waals surface area contributed by atoms with Crippen molar-refractivity contribution in [3.63, 3.8) is 0 Å². The van der Waals surface area contributed by atoms with Gasteiger partial charge in [0.2, 0.25) is 0 Å². The predicted molar refractivity (Wildman–Crippen MR) is 99.1 cm³/mol. The van der Waals surface area contributed by atoms with Crippen LogP contribution in [0.15, 0.2) is 60.7 Å². The van der Waals surface area contributed by atoms with E-state index in [1.165, 1.54) is 14.2 Å². The first-order valence-electron chi connectivity index (χ1n) is 8.84. The Morgan fingerprint density at radius 3 is 1.78 bits per heavy atom. The predicted octanol–water partition coefficient (Wildman–Crippen LogP) is 3.40. The lowest BCUT2D eigenvalue weighted by Crippen LogP contribution is -2.37. The highest BCUT2D eigenvalue weighted by atomic mass is 16.5. The fourth-order valence-electron chi connectivity index (χ4n) is 4.52. The first-order valence-corrected chi connectivity index (χ1v) is 8.84. The van der Waals surface area contributed by atoms with Crippen LogP contribution in [0.3, 0.4) is 0 Å². The lowest BCUT2D eigenvalue weighted by atomic mass is 9.83. The molecular formula is C22H22O5. The first-order chi connectivity index (χ1) is 13.0. The molecule has 0 heterocycles. The minimum absolute atomic E-state index is 0.254. The molecule has 3 rings (SSSR count). The molecule has 2 atom stereocenters. The van der Waals surface area contributed by atoms with E-state index in [1.807, 2.05) is 43.3 Å². The maximum Gasteiger partial charge on any atom is 0.324 e. The van der Waals surface area contributed by atoms with Crippen molar-refractivity contribution in [1.82, 2.24) is 0 Å². The zero-order valence-corrected chi connectivity index (χ0v) is 15.6. The third-order valence-corrected chi connectivity index (χ3v) is 5.69. The van der Waals surface area contributed by atoms with Gasteiger partial charge in [0.25, 0.3) is 0 Å². The van der Waals surface area contributed by atoms with Gasteiger partial charge in [0, 0.05) is 11.5 Å². The van der Waals surface area contributed by atoms with Crippen molar-refractivity contribution in [2.24, 2.45) is 10.8 Å². The second-order valence-corrected chi connectivity index (χ2v) is 6.65. The number of carbonyl (C=O) groups is 3. The zero-order valence-electron chi connectivity index (χ0n) is 15.6. The van der Waals surface area contributed by atoms with E-state index in [0.29, 0.717) is 12.0 Å². The number of hydrogen-bond donors (Lipinski definition) is 0. The van der Waals surface area contributed by atoms with Crippen LogP contribution >= 0.6 is 0 Å². The van der Waals surface area contributed by atoms with Crippen LogP contribution in [0, 0.1) is 10.8 Å². The van der Waals surface area contributed by atoms with E-state index < -0.39 is 28.7 Å². The molecule has 5 heteroatoms. The molecule has 140 valence electrons. The summed E-state index contributed by atoms with van der Waals surface area (Å²) in [6.45, 7) is 1.81. The molecule has 0 N–H and O–H groups in total. The van der Waals surface area contributed by atoms with Crippen molar-refractivity contribution in [2.45, 2.75) is 19.3 Å². The van der Waals surface area contributed by atoms with E-state index in [1.54, 1.807) is 24.3 Å². The fourth-order valence-corrected chi connectivity index (χ4v) is 4.52. The monoisotopic (exact) mass is 366 g/mol. The maximum absolute atomic E-state index is 13.6. The van der Waals surface area contributed by atoms with Crippen LogP contribution in [0.1, 0.15) is 35.2 Å². The van der Waals surface area contributed by atoms with Gasteiger partial charge in [-0.1, -0.05) is 67.6 Å². The van der Waals surface area contributed by atoms with Crippen molar-refractivity contribution in [1.29, 1.82) is 0 Å². The van der Waals surface area contributed by atoms with Gasteiger partial charge in [-0.2, -0.15) is 0 Å². The molecule has 1 saturated carbocycles. The van der Waals surface area contributed by atoms with Crippen LogP contribution in [0.4, 0.5) is 0 Å². The summed E-state index contributed by atoms with van der Waals surface area (Å²) in [5.74, 6) is -2.39. The Balaban J connectivity index is 2.26. The van der Waals surface area contributed by atoms with Crippen LogP contribution in [-0.4, -0.2) is 31.9 Å². The molecular weight excluding hydrogens is 344 g/mol. The van der Waals surface area contributed by atoms with Gasteiger partial charge in [0.1, 0.15) is 0 Å². The summed E-state index contributed by atoms with van der Waals surface area (Å²) in [5, 5.41) is 0. The second kappa shape index (κ2) is 6.99. The number of esters is 2. The summed E-state index contributed by atoms with van der Waals surface area (Å²) in [4.78, 5) is 39.4. The van der Waals surface area contributed by atoms with Gasteiger partial charge in [0.15, 0.2) is 11.2 Å². The molecule has 0 aromatic heterocycles. The summed E-state index contributed by atoms with van der Waals surface area (Å²) in [6, 6.07) is 17.8. The van der Waals surface area contributed by atoms with Crippen LogP contribution in [0.2, 0.25) is 0 Å². The number of hydrogen-bond acceptors (Lipinski definition) is 5. The van der Waals surface area contributed by atoms with Gasteiger partial charge in [0.05, 0.1) is 19.6 Å². The van der Waals surface area contributed by atoms with Crippen LogP contribution in [0.5, 0.6) is 0 Å². The average Bonchev–Trinajstić information content (AvgIpc) is 3.38. The Morgan fingerprint density at radius 1 is 0.852 bits per heavy atom. The Labute approximate surface area is 158 Å². The second-order valence-electron chi connectivity index (χ2n) is 6.65. The quantitative estimate of drug-likeness (QED) is 0.445. The minimum atomic E-state index is -1.69. The third-order valence-electron chi connectivity index (χ3n) is 5.69. The molecule has 5 nitrogen and oxygen atoms in total. The van der Waals surface area contributed by atoms with Gasteiger partial charge >= 0.3 is 11.9 Å². The van der Waals surface area contributed by atoms with Crippen LogP contribution in [-0.2, 0) is 19.1 Å². The third kappa shape index (κ3) is 2.41. The molecule has 0 bridgehead atoms. The lowest BCUT2D eigenvalue weighted by molar-refractivity contribution is -0.163. The van der Waals surface area contributed by atoms with E-state index in [-0.39, 0.29) is 5.78 Å². The Kier molecular flexibility index (Phi) is 4.87. The van der Waals surface area contributed by atoms with Crippen molar-refractivity contribution in [2.75, 3.05) is 14.2 Å². The van der Waals surface area contributed by atoms with E-state index in [4.69, 9.17) is 9.47 Å². The molecule has 2 aromatic rings. The molecule has 0 spiro atoms. The highest BCUT2D eigenvalue weighted by Crippen LogP contribution is 2.77. The molecule has 0 amide bonds. The van der Waals surface area contributed by atoms with Gasteiger partial charge in [-0.15, -0.1) is 0 Å². The summed E-state index contributed by atoms with van der Waals surface area (Å²) in [5.41, 5.74) is -1.76. The SMILES string of the molecule is CCC1(C(=O)c2ccccc2)C(c2ccccc2)C1(C(=O)OC)C(=O)OC. The lowest BCUT2D eigenvalue weighted by Gasteiger charge is -2.20. The molecule has 1 aliphatic carbocycles. The van der Waals surface area contributed by atoms with Crippen molar-refractivity contribution >= 4 is 17.7 Å². The molecule has 1 fully saturated rings. The highest BCUT2D eigenvalue weighted by Gasteiger charge is 2.88. The number of benzene rings is 2. The average molecular weight is 366 g/mol. The molecule has 2 aromatic carbocycles. The maximum atomic E-state index is 13.6. The number of ether oxygens (including phenoxy) is 2. The first kappa shape index (κ1) is 18.8.